The van der Waals surface area contributed by atoms with Gasteiger partial charge >= 0.3 is 0 Å². The van der Waals surface area contributed by atoms with E-state index in [1.54, 1.807) is 0 Å². The van der Waals surface area contributed by atoms with Gasteiger partial charge in [-0.3, -0.25) is 9.89 Å². The molecule has 2 N–H and O–H groups in total. The number of nitrogens with one attached hydrogen (secondary N) is 2. The Hall–Kier alpha value is -0.0800. The SMILES string of the molecule is CN=C(NCCCC(C)C)NCC(C(C)C)N1CCOCC1.I. The Morgan fingerprint density at radius 1 is 1.13 bits per heavy atom. The van der Waals surface area contributed by atoms with Gasteiger partial charge in [-0.25, -0.2) is 0 Å². The summed E-state index contributed by atoms with van der Waals surface area (Å²) in [5.74, 6) is 2.30. The lowest BCUT2D eigenvalue weighted by atomic mass is 10.0. The lowest BCUT2D eigenvalue weighted by Gasteiger charge is -2.37. The highest BCUT2D eigenvalue weighted by molar-refractivity contribution is 14.0. The third-order valence-corrected chi connectivity index (χ3v) is 4.24. The van der Waals surface area contributed by atoms with Gasteiger partial charge in [0.25, 0.3) is 0 Å². The van der Waals surface area contributed by atoms with Gasteiger partial charge in [-0.15, -0.1) is 24.0 Å². The van der Waals surface area contributed by atoms with Gasteiger partial charge in [0, 0.05) is 39.3 Å². The van der Waals surface area contributed by atoms with Crippen LogP contribution in [0.15, 0.2) is 4.99 Å². The van der Waals surface area contributed by atoms with Gasteiger partial charge in [0.1, 0.15) is 0 Å². The van der Waals surface area contributed by atoms with Crippen LogP contribution in [0.2, 0.25) is 0 Å². The topological polar surface area (TPSA) is 48.9 Å². The Morgan fingerprint density at radius 2 is 1.78 bits per heavy atom. The maximum Gasteiger partial charge on any atom is 0.191 e. The number of morpholine rings is 1. The van der Waals surface area contributed by atoms with Crippen LogP contribution in [0.25, 0.3) is 0 Å². The van der Waals surface area contributed by atoms with E-state index in [1.807, 2.05) is 7.05 Å². The van der Waals surface area contributed by atoms with Crippen molar-refractivity contribution in [3.8, 4) is 0 Å². The summed E-state index contributed by atoms with van der Waals surface area (Å²) in [6.45, 7) is 14.8. The Balaban J connectivity index is 0.00000484. The molecule has 1 heterocycles. The normalized spacial score (nSPS) is 18.0. The molecule has 0 aromatic carbocycles. The summed E-state index contributed by atoms with van der Waals surface area (Å²) < 4.78 is 5.46. The van der Waals surface area contributed by atoms with Crippen LogP contribution < -0.4 is 10.6 Å². The van der Waals surface area contributed by atoms with Crippen LogP contribution in [-0.2, 0) is 4.74 Å². The van der Waals surface area contributed by atoms with E-state index in [4.69, 9.17) is 4.74 Å². The average molecular weight is 440 g/mol. The molecule has 0 aromatic heterocycles. The molecule has 1 atom stereocenters. The number of guanidine groups is 1. The van der Waals surface area contributed by atoms with E-state index in [2.05, 4.69) is 48.2 Å². The van der Waals surface area contributed by atoms with Gasteiger partial charge in [-0.2, -0.15) is 0 Å². The van der Waals surface area contributed by atoms with Crippen molar-refractivity contribution >= 4 is 29.9 Å². The molecule has 138 valence electrons. The second-order valence-corrected chi connectivity index (χ2v) is 6.88. The molecule has 5 nitrogen and oxygen atoms in total. The molecule has 1 fully saturated rings. The van der Waals surface area contributed by atoms with Crippen LogP contribution in [0.4, 0.5) is 0 Å². The van der Waals surface area contributed by atoms with Gasteiger partial charge < -0.3 is 15.4 Å². The van der Waals surface area contributed by atoms with Gasteiger partial charge in [0.15, 0.2) is 5.96 Å². The van der Waals surface area contributed by atoms with Crippen molar-refractivity contribution in [1.29, 1.82) is 0 Å². The van der Waals surface area contributed by atoms with E-state index in [1.165, 1.54) is 12.8 Å². The largest absolute Gasteiger partial charge is 0.379 e. The molecule has 1 unspecified atom stereocenters. The van der Waals surface area contributed by atoms with Crippen molar-refractivity contribution in [2.45, 2.75) is 46.6 Å². The fourth-order valence-corrected chi connectivity index (χ4v) is 2.83. The highest BCUT2D eigenvalue weighted by atomic mass is 127. The van der Waals surface area contributed by atoms with Gasteiger partial charge in [0.2, 0.25) is 0 Å². The van der Waals surface area contributed by atoms with Crippen molar-refractivity contribution in [1.82, 2.24) is 15.5 Å². The molecule has 0 saturated carbocycles. The van der Waals surface area contributed by atoms with Gasteiger partial charge in [-0.05, 0) is 24.7 Å². The number of hydrogen-bond acceptors (Lipinski definition) is 3. The highest BCUT2D eigenvalue weighted by Crippen LogP contribution is 2.12. The van der Waals surface area contributed by atoms with E-state index in [9.17, 15) is 0 Å². The minimum Gasteiger partial charge on any atom is -0.379 e. The predicted octanol–water partition coefficient (Wildman–Crippen LogP) is 2.56. The Bertz CT molecular complexity index is 318. The Morgan fingerprint density at radius 3 is 2.30 bits per heavy atom. The number of halogens is 1. The summed E-state index contributed by atoms with van der Waals surface area (Å²) in [6, 6.07) is 0.526. The Labute approximate surface area is 160 Å². The first-order valence-corrected chi connectivity index (χ1v) is 8.81. The van der Waals surface area contributed by atoms with Crippen LogP contribution in [0.5, 0.6) is 0 Å². The smallest absolute Gasteiger partial charge is 0.191 e. The van der Waals surface area contributed by atoms with Crippen molar-refractivity contribution < 1.29 is 4.74 Å². The first kappa shape index (κ1) is 22.9. The van der Waals surface area contributed by atoms with E-state index in [-0.39, 0.29) is 24.0 Å². The van der Waals surface area contributed by atoms with Crippen molar-refractivity contribution in [3.63, 3.8) is 0 Å². The van der Waals surface area contributed by atoms with Crippen LogP contribution in [0, 0.1) is 11.8 Å². The highest BCUT2D eigenvalue weighted by Gasteiger charge is 2.23. The number of nitrogens with zero attached hydrogens (tertiary/aromatic N) is 2. The zero-order chi connectivity index (χ0) is 16.4. The molecule has 1 rings (SSSR count). The maximum atomic E-state index is 5.46. The van der Waals surface area contributed by atoms with Gasteiger partial charge in [-0.1, -0.05) is 27.7 Å². The fraction of sp³-hybridized carbons (Fsp3) is 0.941. The van der Waals surface area contributed by atoms with Crippen LogP contribution in [-0.4, -0.2) is 63.3 Å². The van der Waals surface area contributed by atoms with Crippen molar-refractivity contribution in [3.05, 3.63) is 0 Å². The average Bonchev–Trinajstić information content (AvgIpc) is 2.50. The summed E-state index contributed by atoms with van der Waals surface area (Å²) >= 11 is 0. The van der Waals surface area contributed by atoms with Crippen LogP contribution in [0.3, 0.4) is 0 Å². The molecule has 1 saturated heterocycles. The molecule has 0 aliphatic carbocycles. The van der Waals surface area contributed by atoms with Crippen LogP contribution in [0.1, 0.15) is 40.5 Å². The van der Waals surface area contributed by atoms with E-state index in [0.717, 1.165) is 51.3 Å². The zero-order valence-electron chi connectivity index (χ0n) is 15.6. The first-order valence-electron chi connectivity index (χ1n) is 8.81. The number of hydrogen-bond donors (Lipinski definition) is 2. The maximum absolute atomic E-state index is 5.46. The molecule has 0 radical (unpaired) electrons. The minimum atomic E-state index is 0. The Kier molecular flexibility index (Phi) is 13.2. The zero-order valence-corrected chi connectivity index (χ0v) is 17.9. The molecule has 0 spiro atoms. The summed E-state index contributed by atoms with van der Waals surface area (Å²) in [6.07, 6.45) is 2.45. The molecule has 1 aliphatic rings. The first-order chi connectivity index (χ1) is 10.5. The van der Waals surface area contributed by atoms with Crippen molar-refractivity contribution in [2.24, 2.45) is 16.8 Å². The van der Waals surface area contributed by atoms with Crippen LogP contribution >= 0.6 is 24.0 Å². The number of aliphatic imine (C=N–C) groups is 1. The van der Waals surface area contributed by atoms with Crippen molar-refractivity contribution in [2.75, 3.05) is 46.4 Å². The monoisotopic (exact) mass is 440 g/mol. The standard InChI is InChI=1S/C17H36N4O.HI/c1-14(2)7-6-8-19-17(18-5)20-13-16(15(3)4)21-9-11-22-12-10-21;/h14-16H,6-13H2,1-5H3,(H2,18,19,20);1H. The second-order valence-electron chi connectivity index (χ2n) is 6.88. The predicted molar refractivity (Wildman–Crippen MR) is 110 cm³/mol. The molecule has 6 heteroatoms. The minimum absolute atomic E-state index is 0. The molecule has 0 bridgehead atoms. The van der Waals surface area contributed by atoms with E-state index in [0.29, 0.717) is 12.0 Å². The molecule has 1 aliphatic heterocycles. The quantitative estimate of drug-likeness (QED) is 0.264. The summed E-state index contributed by atoms with van der Waals surface area (Å²) in [5.41, 5.74) is 0. The molecule has 23 heavy (non-hydrogen) atoms. The third kappa shape index (κ3) is 9.72. The van der Waals surface area contributed by atoms with E-state index >= 15 is 0 Å². The fourth-order valence-electron chi connectivity index (χ4n) is 2.83. The third-order valence-electron chi connectivity index (χ3n) is 4.24. The molecular weight excluding hydrogens is 403 g/mol. The summed E-state index contributed by atoms with van der Waals surface area (Å²) in [4.78, 5) is 6.87. The summed E-state index contributed by atoms with van der Waals surface area (Å²) in [5, 5.41) is 6.91. The summed E-state index contributed by atoms with van der Waals surface area (Å²) in [7, 11) is 1.84. The van der Waals surface area contributed by atoms with Gasteiger partial charge in [0.05, 0.1) is 13.2 Å². The lowest BCUT2D eigenvalue weighted by molar-refractivity contribution is 0.00752. The number of ether oxygens (including phenoxy) is 1. The molecular formula is C17H37IN4O. The molecule has 0 amide bonds. The van der Waals surface area contributed by atoms with E-state index < -0.39 is 0 Å². The second kappa shape index (κ2) is 13.2. The lowest BCUT2D eigenvalue weighted by Crippen LogP contribution is -2.52. The molecule has 0 aromatic rings. The number of rotatable bonds is 8.